The van der Waals surface area contributed by atoms with Crippen LogP contribution in [0.4, 0.5) is 4.79 Å². The van der Waals surface area contributed by atoms with Crippen molar-refractivity contribution in [2.24, 2.45) is 0 Å². The van der Waals surface area contributed by atoms with Crippen molar-refractivity contribution in [3.05, 3.63) is 40.5 Å². The van der Waals surface area contributed by atoms with E-state index in [-0.39, 0.29) is 19.0 Å². The molecular weight excluding hydrogens is 314 g/mol. The second-order valence-electron chi connectivity index (χ2n) is 4.02. The Morgan fingerprint density at radius 3 is 2.52 bits per heavy atom. The summed E-state index contributed by atoms with van der Waals surface area (Å²) in [4.78, 5) is 27.1. The van der Waals surface area contributed by atoms with Crippen LogP contribution in [0.2, 0.25) is 5.02 Å². The lowest BCUT2D eigenvalue weighted by molar-refractivity contribution is 0.0949. The topological polar surface area (TPSA) is 91.3 Å². The lowest BCUT2D eigenvalue weighted by Gasteiger charge is -2.05. The van der Waals surface area contributed by atoms with Crippen molar-refractivity contribution in [1.82, 2.24) is 15.6 Å². The van der Waals surface area contributed by atoms with E-state index in [1.165, 1.54) is 11.3 Å². The standard InChI is InChI=1S/C13H12ClN3O3S/c14-9-3-1-8(2-4-9)11-10(17-7-21-11)12(18)15-5-6-16-13(19)20/h1-4,7,16H,5-6H2,(H,15,18)(H,19,20). The van der Waals surface area contributed by atoms with Gasteiger partial charge in [0.25, 0.3) is 5.91 Å². The van der Waals surface area contributed by atoms with E-state index in [9.17, 15) is 9.59 Å². The highest BCUT2D eigenvalue weighted by molar-refractivity contribution is 7.13. The van der Waals surface area contributed by atoms with Gasteiger partial charge in [-0.2, -0.15) is 0 Å². The fourth-order valence-corrected chi connectivity index (χ4v) is 2.56. The molecule has 0 atom stereocenters. The van der Waals surface area contributed by atoms with E-state index in [0.29, 0.717) is 10.7 Å². The highest BCUT2D eigenvalue weighted by Gasteiger charge is 2.15. The van der Waals surface area contributed by atoms with E-state index in [1.54, 1.807) is 17.6 Å². The van der Waals surface area contributed by atoms with Crippen LogP contribution in [0.5, 0.6) is 0 Å². The predicted molar refractivity (Wildman–Crippen MR) is 80.9 cm³/mol. The molecule has 2 rings (SSSR count). The van der Waals surface area contributed by atoms with Crippen molar-refractivity contribution >= 4 is 34.9 Å². The number of amides is 2. The molecule has 0 aliphatic heterocycles. The number of benzene rings is 1. The maximum absolute atomic E-state index is 12.0. The largest absolute Gasteiger partial charge is 0.465 e. The lowest BCUT2D eigenvalue weighted by atomic mass is 10.1. The summed E-state index contributed by atoms with van der Waals surface area (Å²) in [5, 5.41) is 13.8. The van der Waals surface area contributed by atoms with Crippen LogP contribution in [-0.4, -0.2) is 35.2 Å². The summed E-state index contributed by atoms with van der Waals surface area (Å²) in [6.07, 6.45) is -1.13. The first-order valence-corrected chi connectivity index (χ1v) is 7.28. The Kier molecular flexibility index (Phi) is 5.13. The van der Waals surface area contributed by atoms with Gasteiger partial charge in [0.15, 0.2) is 0 Å². The first-order chi connectivity index (χ1) is 10.1. The maximum Gasteiger partial charge on any atom is 0.404 e. The van der Waals surface area contributed by atoms with E-state index in [4.69, 9.17) is 16.7 Å². The number of aromatic nitrogens is 1. The molecule has 0 fully saturated rings. The number of rotatable bonds is 5. The summed E-state index contributed by atoms with van der Waals surface area (Å²) < 4.78 is 0. The van der Waals surface area contributed by atoms with Crippen LogP contribution >= 0.6 is 22.9 Å². The van der Waals surface area contributed by atoms with Crippen LogP contribution in [-0.2, 0) is 0 Å². The quantitative estimate of drug-likeness (QED) is 0.736. The van der Waals surface area contributed by atoms with Gasteiger partial charge in [0.1, 0.15) is 5.69 Å². The number of nitrogens with zero attached hydrogens (tertiary/aromatic N) is 1. The van der Waals surface area contributed by atoms with E-state index < -0.39 is 6.09 Å². The summed E-state index contributed by atoms with van der Waals surface area (Å²) in [6.45, 7) is 0.338. The van der Waals surface area contributed by atoms with Crippen molar-refractivity contribution < 1.29 is 14.7 Å². The number of thiazole rings is 1. The number of carboxylic acid groups (broad SMARTS) is 1. The second-order valence-corrected chi connectivity index (χ2v) is 5.32. The lowest BCUT2D eigenvalue weighted by Crippen LogP contribution is -2.34. The monoisotopic (exact) mass is 325 g/mol. The van der Waals surface area contributed by atoms with Gasteiger partial charge in [0, 0.05) is 18.1 Å². The summed E-state index contributed by atoms with van der Waals surface area (Å²) in [6, 6.07) is 7.13. The molecule has 6 nitrogen and oxygen atoms in total. The van der Waals surface area contributed by atoms with Gasteiger partial charge in [0.2, 0.25) is 0 Å². The Morgan fingerprint density at radius 2 is 1.86 bits per heavy atom. The number of carbonyl (C=O) groups is 2. The molecule has 0 saturated heterocycles. The Bertz CT molecular complexity index is 642. The molecule has 2 amide bonds. The third-order valence-corrected chi connectivity index (χ3v) is 3.70. The van der Waals surface area contributed by atoms with Crippen LogP contribution in [0, 0.1) is 0 Å². The molecule has 110 valence electrons. The van der Waals surface area contributed by atoms with E-state index in [1.807, 2.05) is 12.1 Å². The molecule has 0 aliphatic carbocycles. The SMILES string of the molecule is O=C(O)NCCNC(=O)c1ncsc1-c1ccc(Cl)cc1. The summed E-state index contributed by atoms with van der Waals surface area (Å²) >= 11 is 7.20. The minimum absolute atomic E-state index is 0.140. The zero-order valence-corrected chi connectivity index (χ0v) is 12.4. The molecule has 0 radical (unpaired) electrons. The van der Waals surface area contributed by atoms with Crippen molar-refractivity contribution in [3.8, 4) is 10.4 Å². The predicted octanol–water partition coefficient (Wildman–Crippen LogP) is 2.46. The van der Waals surface area contributed by atoms with Crippen molar-refractivity contribution in [2.45, 2.75) is 0 Å². The average Bonchev–Trinajstić information content (AvgIpc) is 2.93. The Morgan fingerprint density at radius 1 is 1.19 bits per heavy atom. The summed E-state index contributed by atoms with van der Waals surface area (Å²) in [5.41, 5.74) is 2.77. The van der Waals surface area contributed by atoms with Crippen LogP contribution in [0.1, 0.15) is 10.5 Å². The molecule has 1 aromatic heterocycles. The molecular formula is C13H12ClN3O3S. The molecule has 1 heterocycles. The highest BCUT2D eigenvalue weighted by Crippen LogP contribution is 2.28. The molecule has 0 spiro atoms. The zero-order valence-electron chi connectivity index (χ0n) is 10.8. The first kappa shape index (κ1) is 15.3. The van der Waals surface area contributed by atoms with Crippen LogP contribution in [0.15, 0.2) is 29.8 Å². The van der Waals surface area contributed by atoms with Crippen molar-refractivity contribution in [2.75, 3.05) is 13.1 Å². The van der Waals surface area contributed by atoms with E-state index in [2.05, 4.69) is 15.6 Å². The Balaban J connectivity index is 2.04. The molecule has 8 heteroatoms. The molecule has 0 saturated carbocycles. The van der Waals surface area contributed by atoms with Crippen molar-refractivity contribution in [1.29, 1.82) is 0 Å². The smallest absolute Gasteiger partial charge is 0.404 e. The van der Waals surface area contributed by atoms with Crippen LogP contribution in [0.25, 0.3) is 10.4 Å². The Labute approximate surface area is 129 Å². The van der Waals surface area contributed by atoms with Crippen molar-refractivity contribution in [3.63, 3.8) is 0 Å². The zero-order chi connectivity index (χ0) is 15.2. The number of hydrogen-bond donors (Lipinski definition) is 3. The Hall–Kier alpha value is -2.12. The van der Waals surface area contributed by atoms with Gasteiger partial charge in [0.05, 0.1) is 10.4 Å². The molecule has 0 unspecified atom stereocenters. The number of nitrogens with one attached hydrogen (secondary N) is 2. The van der Waals surface area contributed by atoms with Gasteiger partial charge < -0.3 is 15.7 Å². The summed E-state index contributed by atoms with van der Waals surface area (Å²) in [5.74, 6) is -0.339. The molecule has 1 aromatic carbocycles. The van der Waals surface area contributed by atoms with Gasteiger partial charge in [-0.3, -0.25) is 4.79 Å². The van der Waals surface area contributed by atoms with Gasteiger partial charge >= 0.3 is 6.09 Å². The number of halogens is 1. The molecule has 0 aliphatic rings. The normalized spacial score (nSPS) is 10.1. The van der Waals surface area contributed by atoms with Gasteiger partial charge in [-0.1, -0.05) is 23.7 Å². The third-order valence-electron chi connectivity index (χ3n) is 2.58. The van der Waals surface area contributed by atoms with Gasteiger partial charge in [-0.05, 0) is 17.7 Å². The maximum atomic E-state index is 12.0. The first-order valence-electron chi connectivity index (χ1n) is 6.02. The van der Waals surface area contributed by atoms with Crippen LogP contribution < -0.4 is 10.6 Å². The average molecular weight is 326 g/mol. The van der Waals surface area contributed by atoms with Crippen LogP contribution in [0.3, 0.4) is 0 Å². The fourth-order valence-electron chi connectivity index (χ4n) is 1.64. The minimum atomic E-state index is -1.13. The number of carbonyl (C=O) groups excluding carboxylic acids is 1. The fraction of sp³-hybridized carbons (Fsp3) is 0.154. The van der Waals surface area contributed by atoms with Gasteiger partial charge in [-0.25, -0.2) is 9.78 Å². The van der Waals surface area contributed by atoms with Gasteiger partial charge in [-0.15, -0.1) is 11.3 Å². The molecule has 0 bridgehead atoms. The molecule has 3 N–H and O–H groups in total. The minimum Gasteiger partial charge on any atom is -0.465 e. The third kappa shape index (κ3) is 4.17. The molecule has 21 heavy (non-hydrogen) atoms. The molecule has 2 aromatic rings. The second kappa shape index (κ2) is 7.05. The number of hydrogen-bond acceptors (Lipinski definition) is 4. The van der Waals surface area contributed by atoms with E-state index in [0.717, 1.165) is 10.4 Å². The summed E-state index contributed by atoms with van der Waals surface area (Å²) in [7, 11) is 0. The van der Waals surface area contributed by atoms with E-state index >= 15 is 0 Å². The highest BCUT2D eigenvalue weighted by atomic mass is 35.5.